The summed E-state index contributed by atoms with van der Waals surface area (Å²) in [7, 11) is 0. The first-order valence-electron chi connectivity index (χ1n) is 4.47. The van der Waals surface area contributed by atoms with Crippen LogP contribution in [-0.4, -0.2) is 14.4 Å². The molecule has 0 unspecified atom stereocenters. The summed E-state index contributed by atoms with van der Waals surface area (Å²) in [6.07, 6.45) is 2.03. The van der Waals surface area contributed by atoms with E-state index in [0.717, 1.165) is 28.2 Å². The van der Waals surface area contributed by atoms with E-state index in [-0.39, 0.29) is 0 Å². The van der Waals surface area contributed by atoms with Crippen LogP contribution < -0.4 is 5.73 Å². The maximum absolute atomic E-state index is 5.68. The Morgan fingerprint density at radius 2 is 2.29 bits per heavy atom. The molecule has 3 aromatic rings. The average Bonchev–Trinajstić information content (AvgIpc) is 2.59. The summed E-state index contributed by atoms with van der Waals surface area (Å²) in [4.78, 5) is 7.60. The third-order valence-corrected chi connectivity index (χ3v) is 2.35. The number of H-pyrrole nitrogens is 1. The largest absolute Gasteiger partial charge is 0.399 e. The highest BCUT2D eigenvalue weighted by molar-refractivity contribution is 5.82. The number of rotatable bonds is 0. The molecule has 0 aliphatic heterocycles. The van der Waals surface area contributed by atoms with Gasteiger partial charge in [0.25, 0.3) is 0 Å². The number of aromatic amines is 1. The Labute approximate surface area is 80.4 Å². The number of fused-ring (bicyclic) bond motifs is 3. The molecule has 70 valence electrons. The number of nitrogen functional groups attached to an aromatic ring is 1. The van der Waals surface area contributed by atoms with Gasteiger partial charge in [0.15, 0.2) is 0 Å². The van der Waals surface area contributed by atoms with Crippen LogP contribution in [0.4, 0.5) is 5.69 Å². The predicted molar refractivity (Wildman–Crippen MR) is 56.2 cm³/mol. The number of nitrogens with two attached hydrogens (primary N) is 1. The molecule has 0 saturated heterocycles. The van der Waals surface area contributed by atoms with Crippen LogP contribution >= 0.6 is 0 Å². The van der Waals surface area contributed by atoms with Gasteiger partial charge in [0.2, 0.25) is 5.78 Å². The van der Waals surface area contributed by atoms with Crippen molar-refractivity contribution in [1.82, 2.24) is 14.4 Å². The van der Waals surface area contributed by atoms with Gasteiger partial charge in [-0.1, -0.05) is 0 Å². The molecule has 4 nitrogen and oxygen atoms in total. The lowest BCUT2D eigenvalue weighted by Crippen LogP contribution is -1.83. The Hall–Kier alpha value is -1.97. The topological polar surface area (TPSA) is 59.1 Å². The lowest BCUT2D eigenvalue weighted by atomic mass is 10.3. The number of anilines is 1. The van der Waals surface area contributed by atoms with Crippen LogP contribution in [0.1, 0.15) is 5.69 Å². The van der Waals surface area contributed by atoms with Crippen LogP contribution in [0, 0.1) is 6.92 Å². The van der Waals surface area contributed by atoms with Crippen molar-refractivity contribution in [2.24, 2.45) is 0 Å². The Morgan fingerprint density at radius 3 is 3.14 bits per heavy atom. The summed E-state index contributed by atoms with van der Waals surface area (Å²) >= 11 is 0. The molecule has 1 aromatic carbocycles. The molecule has 0 fully saturated rings. The first-order chi connectivity index (χ1) is 6.74. The van der Waals surface area contributed by atoms with Crippen LogP contribution in [0.5, 0.6) is 0 Å². The van der Waals surface area contributed by atoms with Crippen molar-refractivity contribution in [1.29, 1.82) is 0 Å². The molecular formula is C10H10N4. The zero-order valence-electron chi connectivity index (χ0n) is 7.78. The highest BCUT2D eigenvalue weighted by Crippen LogP contribution is 2.18. The monoisotopic (exact) mass is 186 g/mol. The van der Waals surface area contributed by atoms with E-state index in [1.165, 1.54) is 0 Å². The molecule has 0 radical (unpaired) electrons. The molecule has 3 N–H and O–H groups in total. The molecule has 3 rings (SSSR count). The molecule has 2 heterocycles. The van der Waals surface area contributed by atoms with Crippen molar-refractivity contribution in [3.05, 3.63) is 30.1 Å². The standard InChI is InChI=1S/C10H10N4/c1-6-5-14-9-3-2-7(11)4-8(9)13-10(14)12-6/h2-5H,11H2,1H3,(H,12,13). The Bertz CT molecular complexity index is 614. The van der Waals surface area contributed by atoms with Crippen molar-refractivity contribution in [3.63, 3.8) is 0 Å². The first-order valence-corrected chi connectivity index (χ1v) is 4.47. The van der Waals surface area contributed by atoms with Crippen LogP contribution in [0.2, 0.25) is 0 Å². The first kappa shape index (κ1) is 7.44. The number of hydrogen-bond acceptors (Lipinski definition) is 2. The SMILES string of the molecule is Cc1cn2c(nc3cc(N)ccc32)[nH]1. The smallest absolute Gasteiger partial charge is 0.212 e. The van der Waals surface area contributed by atoms with Crippen LogP contribution in [0.25, 0.3) is 16.8 Å². The van der Waals surface area contributed by atoms with Gasteiger partial charge in [-0.25, -0.2) is 4.98 Å². The van der Waals surface area contributed by atoms with Crippen LogP contribution in [0.15, 0.2) is 24.4 Å². The molecule has 0 bridgehead atoms. The highest BCUT2D eigenvalue weighted by Gasteiger charge is 2.05. The van der Waals surface area contributed by atoms with Crippen LogP contribution in [0.3, 0.4) is 0 Å². The number of nitrogens with one attached hydrogen (secondary N) is 1. The predicted octanol–water partition coefficient (Wildman–Crippen LogP) is 1.71. The number of aromatic nitrogens is 3. The summed E-state index contributed by atoms with van der Waals surface area (Å²) in [5, 5.41) is 0. The lowest BCUT2D eigenvalue weighted by Gasteiger charge is -1.92. The quantitative estimate of drug-likeness (QED) is 0.525. The van der Waals surface area contributed by atoms with E-state index in [1.807, 2.05) is 35.7 Å². The minimum atomic E-state index is 0.745. The van der Waals surface area contributed by atoms with Crippen LogP contribution in [-0.2, 0) is 0 Å². The van der Waals surface area contributed by atoms with Crippen molar-refractivity contribution in [3.8, 4) is 0 Å². The molecule has 0 saturated carbocycles. The van der Waals surface area contributed by atoms with Gasteiger partial charge in [-0.05, 0) is 25.1 Å². The number of benzene rings is 1. The molecule has 0 aliphatic carbocycles. The number of aryl methyl sites for hydroxylation is 1. The lowest BCUT2D eigenvalue weighted by molar-refractivity contribution is 1.24. The van der Waals surface area contributed by atoms with Crippen molar-refractivity contribution in [2.75, 3.05) is 5.73 Å². The van der Waals surface area contributed by atoms with E-state index in [1.54, 1.807) is 0 Å². The number of nitrogens with zero attached hydrogens (tertiary/aromatic N) is 2. The van der Waals surface area contributed by atoms with Gasteiger partial charge in [0.05, 0.1) is 11.0 Å². The minimum Gasteiger partial charge on any atom is -0.399 e. The van der Waals surface area contributed by atoms with Crippen molar-refractivity contribution < 1.29 is 0 Å². The fourth-order valence-electron chi connectivity index (χ4n) is 1.74. The Morgan fingerprint density at radius 1 is 1.43 bits per heavy atom. The van der Waals surface area contributed by atoms with Gasteiger partial charge < -0.3 is 10.7 Å². The van der Waals surface area contributed by atoms with E-state index < -0.39 is 0 Å². The van der Waals surface area contributed by atoms with Crippen molar-refractivity contribution >= 4 is 22.5 Å². The Balaban J connectivity index is 2.52. The van der Waals surface area contributed by atoms with Gasteiger partial charge >= 0.3 is 0 Å². The van der Waals surface area contributed by atoms with E-state index in [0.29, 0.717) is 0 Å². The van der Waals surface area contributed by atoms with Gasteiger partial charge in [-0.2, -0.15) is 0 Å². The summed E-state index contributed by atoms with van der Waals surface area (Å²) in [5.74, 6) is 0.864. The second-order valence-electron chi connectivity index (χ2n) is 3.49. The summed E-state index contributed by atoms with van der Waals surface area (Å²) in [6, 6.07) is 5.75. The maximum atomic E-state index is 5.68. The summed E-state index contributed by atoms with van der Waals surface area (Å²) in [6.45, 7) is 2.01. The maximum Gasteiger partial charge on any atom is 0.212 e. The van der Waals surface area contributed by atoms with Gasteiger partial charge in [-0.3, -0.25) is 4.40 Å². The molecular weight excluding hydrogens is 176 g/mol. The minimum absolute atomic E-state index is 0.745. The molecule has 0 spiro atoms. The third-order valence-electron chi connectivity index (χ3n) is 2.35. The number of hydrogen-bond donors (Lipinski definition) is 2. The fourth-order valence-corrected chi connectivity index (χ4v) is 1.74. The summed E-state index contributed by atoms with van der Waals surface area (Å²) in [5.41, 5.74) is 9.54. The van der Waals surface area contributed by atoms with E-state index >= 15 is 0 Å². The Kier molecular flexibility index (Phi) is 1.21. The number of imidazole rings is 2. The molecule has 2 aromatic heterocycles. The van der Waals surface area contributed by atoms with E-state index in [4.69, 9.17) is 5.73 Å². The van der Waals surface area contributed by atoms with Gasteiger partial charge in [0, 0.05) is 17.6 Å². The fraction of sp³-hybridized carbons (Fsp3) is 0.100. The van der Waals surface area contributed by atoms with Gasteiger partial charge in [-0.15, -0.1) is 0 Å². The molecule has 0 aliphatic rings. The van der Waals surface area contributed by atoms with Crippen molar-refractivity contribution in [2.45, 2.75) is 6.92 Å². The third kappa shape index (κ3) is 0.849. The van der Waals surface area contributed by atoms with E-state index in [9.17, 15) is 0 Å². The average molecular weight is 186 g/mol. The highest BCUT2D eigenvalue weighted by atomic mass is 15.1. The normalized spacial score (nSPS) is 11.5. The van der Waals surface area contributed by atoms with Gasteiger partial charge in [0.1, 0.15) is 0 Å². The zero-order chi connectivity index (χ0) is 9.71. The molecule has 0 amide bonds. The second kappa shape index (κ2) is 2.29. The zero-order valence-corrected chi connectivity index (χ0v) is 7.78. The molecule has 0 atom stereocenters. The summed E-state index contributed by atoms with van der Waals surface area (Å²) < 4.78 is 2.03. The second-order valence-corrected chi connectivity index (χ2v) is 3.49. The molecule has 14 heavy (non-hydrogen) atoms. The molecule has 4 heteroatoms. The van der Waals surface area contributed by atoms with E-state index in [2.05, 4.69) is 9.97 Å².